The lowest BCUT2D eigenvalue weighted by atomic mass is 10.3. The van der Waals surface area contributed by atoms with Crippen LogP contribution in [-0.2, 0) is 23.5 Å². The third kappa shape index (κ3) is 14.3. The molecule has 0 aliphatic rings. The molecule has 0 aromatic heterocycles. The van der Waals surface area contributed by atoms with Crippen molar-refractivity contribution in [2.45, 2.75) is 19.6 Å². The molecule has 0 saturated heterocycles. The minimum Gasteiger partial charge on any atom is -0.481 e. The van der Waals surface area contributed by atoms with Crippen molar-refractivity contribution in [1.29, 1.82) is 5.41 Å². The van der Waals surface area contributed by atoms with Crippen molar-refractivity contribution >= 4 is 31.3 Å². The van der Waals surface area contributed by atoms with E-state index in [1.165, 1.54) is 0 Å². The summed E-state index contributed by atoms with van der Waals surface area (Å²) in [7, 11) is -4.75. The van der Waals surface area contributed by atoms with Gasteiger partial charge in [0.05, 0.1) is 6.42 Å². The van der Waals surface area contributed by atoms with Crippen LogP contribution < -0.4 is 0 Å². The van der Waals surface area contributed by atoms with E-state index in [2.05, 4.69) is 4.52 Å². The van der Waals surface area contributed by atoms with Crippen LogP contribution in [0.15, 0.2) is 0 Å². The molecule has 12 heteroatoms. The van der Waals surface area contributed by atoms with Crippen LogP contribution in [-0.4, -0.2) is 54.8 Å². The van der Waals surface area contributed by atoms with Crippen LogP contribution >= 0.6 is 7.82 Å². The number of carbonyl (C=O) groups is 3. The van der Waals surface area contributed by atoms with Crippen LogP contribution in [0.4, 0.5) is 0 Å². The van der Waals surface area contributed by atoms with E-state index in [9.17, 15) is 18.9 Å². The van der Waals surface area contributed by atoms with Crippen molar-refractivity contribution in [2.75, 3.05) is 0 Å². The minimum atomic E-state index is -4.75. The molecule has 0 amide bonds. The van der Waals surface area contributed by atoms with Gasteiger partial charge in [-0.2, -0.15) is 0 Å². The highest BCUT2D eigenvalue weighted by Gasteiger charge is 2.22. The smallest absolute Gasteiger partial charge is 0.472 e. The van der Waals surface area contributed by atoms with E-state index >= 15 is 0 Å². The number of phosphoric ester groups is 1. The molecule has 0 aromatic rings. The molecule has 0 fully saturated rings. The van der Waals surface area contributed by atoms with Crippen molar-refractivity contribution in [3.8, 4) is 0 Å². The van der Waals surface area contributed by atoms with E-state index in [-0.39, 0.29) is 0 Å². The van der Waals surface area contributed by atoms with Gasteiger partial charge in [0, 0.05) is 0 Å². The Labute approximate surface area is 106 Å². The van der Waals surface area contributed by atoms with Crippen molar-refractivity contribution < 1.29 is 48.6 Å². The van der Waals surface area contributed by atoms with Gasteiger partial charge in [0.25, 0.3) is 0 Å². The molecule has 11 nitrogen and oxygen atoms in total. The second kappa shape index (κ2) is 8.45. The summed E-state index contributed by atoms with van der Waals surface area (Å²) in [6, 6.07) is 0. The number of carboxylic acid groups (broad SMARTS) is 2. The molecule has 0 heterocycles. The highest BCUT2D eigenvalue weighted by atomic mass is 31.2. The maximum absolute atomic E-state index is 10.1. The van der Waals surface area contributed by atoms with Gasteiger partial charge in [-0.3, -0.25) is 15.0 Å². The van der Waals surface area contributed by atoms with Gasteiger partial charge in [-0.1, -0.05) is 0 Å². The number of phosphoric acid groups is 1. The van der Waals surface area contributed by atoms with Crippen LogP contribution in [0.5, 0.6) is 0 Å². The number of rotatable bonds is 6. The number of ketones is 1. The van der Waals surface area contributed by atoms with E-state index in [1.807, 2.05) is 0 Å². The fraction of sp³-hybridized carbons (Fsp3) is 0.429. The summed E-state index contributed by atoms with van der Waals surface area (Å²) in [4.78, 5) is 45.6. The lowest BCUT2D eigenvalue weighted by Crippen LogP contribution is -2.19. The second-order valence-corrected chi connectivity index (χ2v) is 4.11. The van der Waals surface area contributed by atoms with E-state index in [4.69, 9.17) is 30.5 Å². The SMILES string of the molecule is CC(=O)C(O)OP(=O)(O)O.N=C(CC(=O)O)C(=O)O. The Morgan fingerprint density at radius 1 is 1.26 bits per heavy atom. The molecule has 0 aromatic carbocycles. The molecule has 0 aliphatic heterocycles. The number of aliphatic carboxylic acids is 2. The van der Waals surface area contributed by atoms with Crippen molar-refractivity contribution in [1.82, 2.24) is 0 Å². The summed E-state index contributed by atoms with van der Waals surface area (Å²) in [6.45, 7) is 0.945. The third-order valence-electron chi connectivity index (χ3n) is 1.17. The molecular weight excluding hydrogens is 289 g/mol. The normalized spacial score (nSPS) is 11.8. The van der Waals surface area contributed by atoms with Gasteiger partial charge in [-0.05, 0) is 6.92 Å². The molecule has 0 radical (unpaired) electrons. The molecule has 110 valence electrons. The Morgan fingerprint density at radius 2 is 1.68 bits per heavy atom. The summed E-state index contributed by atoms with van der Waals surface area (Å²) in [6.07, 6.45) is -2.77. The van der Waals surface area contributed by atoms with Gasteiger partial charge in [0.2, 0.25) is 6.29 Å². The lowest BCUT2D eigenvalue weighted by molar-refractivity contribution is -0.140. The Balaban J connectivity index is 0. The monoisotopic (exact) mass is 301 g/mol. The van der Waals surface area contributed by atoms with E-state index in [0.29, 0.717) is 0 Å². The molecule has 19 heavy (non-hydrogen) atoms. The number of aliphatic hydroxyl groups excluding tert-OH is 1. The molecule has 0 rings (SSSR count). The maximum Gasteiger partial charge on any atom is 0.472 e. The van der Waals surface area contributed by atoms with Crippen molar-refractivity contribution in [3.05, 3.63) is 0 Å². The van der Waals surface area contributed by atoms with Crippen LogP contribution in [0.1, 0.15) is 13.3 Å². The minimum absolute atomic E-state index is 0.727. The first-order valence-electron chi connectivity index (χ1n) is 4.31. The van der Waals surface area contributed by atoms with E-state index in [0.717, 1.165) is 6.92 Å². The molecule has 6 N–H and O–H groups in total. The highest BCUT2D eigenvalue weighted by Crippen LogP contribution is 2.36. The van der Waals surface area contributed by atoms with Gasteiger partial charge in [0.1, 0.15) is 5.71 Å². The quantitative estimate of drug-likeness (QED) is 0.191. The standard InChI is InChI=1S/C4H5NO4.C3H7O6P/c5-2(4(8)9)1-3(6)7;1-2(4)3(5)9-10(6,7)8/h5H,1H2,(H,6,7)(H,8,9);3,5H,1H3,(H2,6,7,8). The fourth-order valence-electron chi connectivity index (χ4n) is 0.431. The third-order valence-corrected chi connectivity index (χ3v) is 1.65. The fourth-order valence-corrected chi connectivity index (χ4v) is 0.840. The first kappa shape index (κ1) is 19.7. The first-order valence-corrected chi connectivity index (χ1v) is 5.84. The van der Waals surface area contributed by atoms with Crippen molar-refractivity contribution in [3.63, 3.8) is 0 Å². The lowest BCUT2D eigenvalue weighted by Gasteiger charge is -2.07. The zero-order chi connectivity index (χ0) is 15.8. The Hall–Kier alpha value is -1.65. The molecule has 1 atom stereocenters. The summed E-state index contributed by atoms with van der Waals surface area (Å²) in [5.74, 6) is -3.65. The van der Waals surface area contributed by atoms with Gasteiger partial charge in [0.15, 0.2) is 5.78 Å². The number of hydrogen-bond acceptors (Lipinski definition) is 7. The first-order chi connectivity index (χ1) is 8.36. The summed E-state index contributed by atoms with van der Waals surface area (Å²) < 4.78 is 13.5. The highest BCUT2D eigenvalue weighted by molar-refractivity contribution is 7.46. The zero-order valence-electron chi connectivity index (χ0n) is 9.51. The number of carboxylic acids is 2. The van der Waals surface area contributed by atoms with Crippen LogP contribution in [0.25, 0.3) is 0 Å². The summed E-state index contributed by atoms with van der Waals surface area (Å²) in [5.41, 5.74) is -0.803. The molecule has 0 aliphatic carbocycles. The number of hydrogen-bond donors (Lipinski definition) is 6. The predicted molar refractivity (Wildman–Crippen MR) is 57.4 cm³/mol. The largest absolute Gasteiger partial charge is 0.481 e. The van der Waals surface area contributed by atoms with Crippen LogP contribution in [0.2, 0.25) is 0 Å². The molecule has 0 saturated carbocycles. The van der Waals surface area contributed by atoms with Crippen LogP contribution in [0.3, 0.4) is 0 Å². The van der Waals surface area contributed by atoms with Crippen molar-refractivity contribution in [2.24, 2.45) is 0 Å². The van der Waals surface area contributed by atoms with E-state index in [1.54, 1.807) is 0 Å². The summed E-state index contributed by atoms with van der Waals surface area (Å²) in [5, 5.41) is 30.8. The van der Waals surface area contributed by atoms with Crippen LogP contribution in [0, 0.1) is 5.41 Å². The number of aliphatic hydroxyl groups is 1. The molecule has 0 spiro atoms. The Kier molecular flexibility index (Phi) is 8.76. The average molecular weight is 301 g/mol. The number of Topliss-reactive ketones (excluding diaryl/α,β-unsaturated/α-hetero) is 1. The Bertz CT molecular complexity index is 412. The molecule has 1 unspecified atom stereocenters. The Morgan fingerprint density at radius 3 is 1.79 bits per heavy atom. The zero-order valence-corrected chi connectivity index (χ0v) is 10.4. The topological polar surface area (TPSA) is 203 Å². The van der Waals surface area contributed by atoms with E-state index < -0.39 is 44.0 Å². The number of nitrogens with one attached hydrogen (secondary N) is 1. The number of carbonyl (C=O) groups excluding carboxylic acids is 1. The molecule has 0 bridgehead atoms. The molecular formula is C7H12NO10P. The van der Waals surface area contributed by atoms with Gasteiger partial charge in [-0.15, -0.1) is 0 Å². The van der Waals surface area contributed by atoms with Gasteiger partial charge < -0.3 is 25.1 Å². The van der Waals surface area contributed by atoms with Gasteiger partial charge >= 0.3 is 19.8 Å². The maximum atomic E-state index is 10.1. The average Bonchev–Trinajstić information content (AvgIpc) is 2.14. The van der Waals surface area contributed by atoms with Gasteiger partial charge in [-0.25, -0.2) is 13.9 Å². The second-order valence-electron chi connectivity index (χ2n) is 2.91. The predicted octanol–water partition coefficient (Wildman–Crippen LogP) is -1.43. The summed E-state index contributed by atoms with van der Waals surface area (Å²) >= 11 is 0.